The van der Waals surface area contributed by atoms with Gasteiger partial charge in [-0.25, -0.2) is 9.07 Å². The van der Waals surface area contributed by atoms with Crippen LogP contribution in [-0.2, 0) is 4.79 Å². The molecule has 3 aromatic rings. The number of aromatic nitrogens is 2. The SMILES string of the molecule is Cc1cc(NC(=O)C(C)Oc2ccc(C)c(C)c2)n(-c2ccc(F)cc2)n1. The van der Waals surface area contributed by atoms with Crippen molar-refractivity contribution in [2.24, 2.45) is 0 Å². The molecule has 1 N–H and O–H groups in total. The van der Waals surface area contributed by atoms with Crippen LogP contribution in [0.5, 0.6) is 5.75 Å². The second-order valence-electron chi connectivity index (χ2n) is 6.55. The van der Waals surface area contributed by atoms with E-state index >= 15 is 0 Å². The van der Waals surface area contributed by atoms with Crippen LogP contribution >= 0.6 is 0 Å². The van der Waals surface area contributed by atoms with Gasteiger partial charge in [-0.3, -0.25) is 4.79 Å². The summed E-state index contributed by atoms with van der Waals surface area (Å²) in [4.78, 5) is 12.6. The van der Waals surface area contributed by atoms with Gasteiger partial charge in [-0.1, -0.05) is 6.07 Å². The molecular weight excluding hydrogens is 345 g/mol. The van der Waals surface area contributed by atoms with Crippen LogP contribution in [0.4, 0.5) is 10.2 Å². The second kappa shape index (κ2) is 7.61. The number of carbonyl (C=O) groups excluding carboxylic acids is 1. The Morgan fingerprint density at radius 1 is 1.07 bits per heavy atom. The van der Waals surface area contributed by atoms with Crippen LogP contribution < -0.4 is 10.1 Å². The third-order valence-electron chi connectivity index (χ3n) is 4.31. The van der Waals surface area contributed by atoms with Crippen molar-refractivity contribution in [3.8, 4) is 11.4 Å². The minimum Gasteiger partial charge on any atom is -0.481 e. The summed E-state index contributed by atoms with van der Waals surface area (Å²) in [7, 11) is 0. The van der Waals surface area contributed by atoms with Crippen molar-refractivity contribution in [1.29, 1.82) is 0 Å². The zero-order chi connectivity index (χ0) is 19.6. The number of rotatable bonds is 5. The molecule has 0 saturated heterocycles. The Labute approximate surface area is 157 Å². The Morgan fingerprint density at radius 2 is 1.78 bits per heavy atom. The van der Waals surface area contributed by atoms with Crippen LogP contribution in [0.25, 0.3) is 5.69 Å². The molecule has 1 unspecified atom stereocenters. The largest absolute Gasteiger partial charge is 0.481 e. The Balaban J connectivity index is 1.75. The van der Waals surface area contributed by atoms with Gasteiger partial charge in [0.2, 0.25) is 0 Å². The van der Waals surface area contributed by atoms with Crippen molar-refractivity contribution in [2.45, 2.75) is 33.8 Å². The summed E-state index contributed by atoms with van der Waals surface area (Å²) in [6.07, 6.45) is -0.691. The van der Waals surface area contributed by atoms with Crippen molar-refractivity contribution in [3.05, 3.63) is 71.2 Å². The molecule has 3 rings (SSSR count). The van der Waals surface area contributed by atoms with Crippen molar-refractivity contribution in [1.82, 2.24) is 9.78 Å². The fourth-order valence-corrected chi connectivity index (χ4v) is 2.64. The van der Waals surface area contributed by atoms with Gasteiger partial charge in [-0.2, -0.15) is 5.10 Å². The zero-order valence-corrected chi connectivity index (χ0v) is 15.8. The average molecular weight is 367 g/mol. The van der Waals surface area contributed by atoms with Gasteiger partial charge in [0.15, 0.2) is 6.10 Å². The lowest BCUT2D eigenvalue weighted by molar-refractivity contribution is -0.122. The van der Waals surface area contributed by atoms with Gasteiger partial charge in [0, 0.05) is 6.07 Å². The molecule has 0 saturated carbocycles. The maximum absolute atomic E-state index is 13.2. The zero-order valence-electron chi connectivity index (χ0n) is 15.8. The molecule has 0 fully saturated rings. The van der Waals surface area contributed by atoms with E-state index in [1.165, 1.54) is 12.1 Å². The first kappa shape index (κ1) is 18.6. The predicted molar refractivity (Wildman–Crippen MR) is 103 cm³/mol. The summed E-state index contributed by atoms with van der Waals surface area (Å²) in [5.74, 6) is 0.517. The first-order valence-corrected chi connectivity index (χ1v) is 8.71. The summed E-state index contributed by atoms with van der Waals surface area (Å²) in [5, 5.41) is 7.20. The Hall–Kier alpha value is -3.15. The first-order chi connectivity index (χ1) is 12.8. The molecule has 6 heteroatoms. The highest BCUT2D eigenvalue weighted by atomic mass is 19.1. The molecule has 1 heterocycles. The summed E-state index contributed by atoms with van der Waals surface area (Å²) in [5.41, 5.74) is 3.66. The van der Waals surface area contributed by atoms with Crippen LogP contribution in [0.1, 0.15) is 23.7 Å². The normalized spacial score (nSPS) is 11.9. The monoisotopic (exact) mass is 367 g/mol. The van der Waals surface area contributed by atoms with Gasteiger partial charge in [0.05, 0.1) is 11.4 Å². The van der Waals surface area contributed by atoms with Gasteiger partial charge in [-0.15, -0.1) is 0 Å². The minimum atomic E-state index is -0.691. The van der Waals surface area contributed by atoms with E-state index in [1.54, 1.807) is 29.8 Å². The summed E-state index contributed by atoms with van der Waals surface area (Å²) >= 11 is 0. The molecule has 140 valence electrons. The number of amides is 1. The molecule has 27 heavy (non-hydrogen) atoms. The lowest BCUT2D eigenvalue weighted by Gasteiger charge is -2.16. The minimum absolute atomic E-state index is 0.295. The highest BCUT2D eigenvalue weighted by Crippen LogP contribution is 2.20. The molecule has 1 atom stereocenters. The van der Waals surface area contributed by atoms with E-state index in [1.807, 2.05) is 39.0 Å². The fourth-order valence-electron chi connectivity index (χ4n) is 2.64. The third-order valence-corrected chi connectivity index (χ3v) is 4.31. The maximum Gasteiger partial charge on any atom is 0.266 e. The molecule has 0 aliphatic carbocycles. The molecular formula is C21H22FN3O2. The van der Waals surface area contributed by atoms with Crippen molar-refractivity contribution in [3.63, 3.8) is 0 Å². The van der Waals surface area contributed by atoms with Gasteiger partial charge in [-0.05, 0) is 75.2 Å². The second-order valence-corrected chi connectivity index (χ2v) is 6.55. The Morgan fingerprint density at radius 3 is 2.44 bits per heavy atom. The maximum atomic E-state index is 13.2. The van der Waals surface area contributed by atoms with E-state index in [4.69, 9.17) is 4.74 Å². The highest BCUT2D eigenvalue weighted by molar-refractivity contribution is 5.93. The van der Waals surface area contributed by atoms with E-state index in [9.17, 15) is 9.18 Å². The predicted octanol–water partition coefficient (Wildman–Crippen LogP) is 4.34. The first-order valence-electron chi connectivity index (χ1n) is 8.71. The molecule has 0 bridgehead atoms. The van der Waals surface area contributed by atoms with E-state index in [2.05, 4.69) is 10.4 Å². The molecule has 2 aromatic carbocycles. The van der Waals surface area contributed by atoms with E-state index < -0.39 is 6.10 Å². The lowest BCUT2D eigenvalue weighted by Crippen LogP contribution is -2.31. The van der Waals surface area contributed by atoms with Crippen LogP contribution in [0, 0.1) is 26.6 Å². The van der Waals surface area contributed by atoms with Gasteiger partial charge < -0.3 is 10.1 Å². The smallest absolute Gasteiger partial charge is 0.266 e. The molecule has 0 aliphatic heterocycles. The van der Waals surface area contributed by atoms with Gasteiger partial charge >= 0.3 is 0 Å². The molecule has 1 aromatic heterocycles. The number of carbonyl (C=O) groups is 1. The number of nitrogens with zero attached hydrogens (tertiary/aromatic N) is 2. The van der Waals surface area contributed by atoms with Gasteiger partial charge in [0.1, 0.15) is 17.4 Å². The molecule has 1 amide bonds. The molecule has 0 spiro atoms. The third kappa shape index (κ3) is 4.34. The number of hydrogen-bond donors (Lipinski definition) is 1. The number of aryl methyl sites for hydroxylation is 3. The average Bonchev–Trinajstić information content (AvgIpc) is 2.99. The molecule has 0 radical (unpaired) electrons. The van der Waals surface area contributed by atoms with Crippen LogP contribution in [0.3, 0.4) is 0 Å². The number of ether oxygens (including phenoxy) is 1. The fraction of sp³-hybridized carbons (Fsp3) is 0.238. The van der Waals surface area contributed by atoms with E-state index in [0.29, 0.717) is 17.3 Å². The quantitative estimate of drug-likeness (QED) is 0.730. The standard InChI is InChI=1S/C21H22FN3O2/c1-13-5-10-19(11-14(13)2)27-16(4)21(26)23-20-12-15(3)24-25(20)18-8-6-17(22)7-9-18/h5-12,16H,1-4H3,(H,23,26). The van der Waals surface area contributed by atoms with Crippen LogP contribution in [-0.4, -0.2) is 21.8 Å². The summed E-state index contributed by atoms with van der Waals surface area (Å²) < 4.78 is 20.5. The molecule has 5 nitrogen and oxygen atoms in total. The number of anilines is 1. The number of halogens is 1. The van der Waals surface area contributed by atoms with E-state index in [-0.39, 0.29) is 11.7 Å². The van der Waals surface area contributed by atoms with Crippen molar-refractivity contribution >= 4 is 11.7 Å². The number of benzene rings is 2. The lowest BCUT2D eigenvalue weighted by atomic mass is 10.1. The highest BCUT2D eigenvalue weighted by Gasteiger charge is 2.18. The Bertz CT molecular complexity index is 964. The summed E-state index contributed by atoms with van der Waals surface area (Å²) in [6.45, 7) is 7.53. The molecule has 0 aliphatic rings. The number of hydrogen-bond acceptors (Lipinski definition) is 3. The van der Waals surface area contributed by atoms with Crippen molar-refractivity contribution in [2.75, 3.05) is 5.32 Å². The topological polar surface area (TPSA) is 56.1 Å². The van der Waals surface area contributed by atoms with E-state index in [0.717, 1.165) is 16.8 Å². The van der Waals surface area contributed by atoms with Crippen LogP contribution in [0.15, 0.2) is 48.5 Å². The number of nitrogens with one attached hydrogen (secondary N) is 1. The van der Waals surface area contributed by atoms with Crippen molar-refractivity contribution < 1.29 is 13.9 Å². The van der Waals surface area contributed by atoms with Gasteiger partial charge in [0.25, 0.3) is 5.91 Å². The Kier molecular flexibility index (Phi) is 5.26. The summed E-state index contributed by atoms with van der Waals surface area (Å²) in [6, 6.07) is 13.4. The van der Waals surface area contributed by atoms with Crippen LogP contribution in [0.2, 0.25) is 0 Å².